The summed E-state index contributed by atoms with van der Waals surface area (Å²) in [6.45, 7) is 6.61. The molecule has 18 heavy (non-hydrogen) atoms. The molecule has 0 bridgehead atoms. The highest BCUT2D eigenvalue weighted by Crippen LogP contribution is 2.23. The van der Waals surface area contributed by atoms with Gasteiger partial charge in [-0.25, -0.2) is 0 Å². The lowest BCUT2D eigenvalue weighted by Crippen LogP contribution is -2.47. The van der Waals surface area contributed by atoms with Gasteiger partial charge in [0.15, 0.2) is 0 Å². The summed E-state index contributed by atoms with van der Waals surface area (Å²) < 4.78 is 13.4. The minimum Gasteiger partial charge on any atom is -0.378 e. The van der Waals surface area contributed by atoms with E-state index in [2.05, 4.69) is 18.9 Å². The Hall–Kier alpha value is -0.910. The van der Waals surface area contributed by atoms with Gasteiger partial charge in [-0.2, -0.15) is 5.10 Å². The largest absolute Gasteiger partial charge is 0.378 e. The third-order valence-corrected chi connectivity index (χ3v) is 3.38. The molecule has 5 heteroatoms. The fourth-order valence-corrected chi connectivity index (χ4v) is 2.13. The van der Waals surface area contributed by atoms with Gasteiger partial charge in [-0.05, 0) is 32.8 Å². The quantitative estimate of drug-likeness (QED) is 0.863. The highest BCUT2D eigenvalue weighted by atomic mass is 16.5. The van der Waals surface area contributed by atoms with Crippen molar-refractivity contribution in [1.82, 2.24) is 9.78 Å². The van der Waals surface area contributed by atoms with E-state index in [1.54, 1.807) is 0 Å². The van der Waals surface area contributed by atoms with E-state index >= 15 is 0 Å². The fraction of sp³-hybridized carbons (Fsp3) is 0.769. The minimum absolute atomic E-state index is 0.320. The van der Waals surface area contributed by atoms with Gasteiger partial charge in [-0.3, -0.25) is 4.68 Å². The van der Waals surface area contributed by atoms with Gasteiger partial charge >= 0.3 is 0 Å². The molecule has 2 N–H and O–H groups in total. The van der Waals surface area contributed by atoms with Crippen molar-refractivity contribution in [2.75, 3.05) is 19.8 Å². The van der Waals surface area contributed by atoms with Crippen LogP contribution in [0.15, 0.2) is 12.3 Å². The number of hydrogen-bond acceptors (Lipinski definition) is 4. The molecule has 1 aliphatic heterocycles. The second-order valence-electron chi connectivity index (χ2n) is 5.21. The summed E-state index contributed by atoms with van der Waals surface area (Å²) in [6, 6.07) is 2.37. The molecule has 0 aromatic carbocycles. The Bertz CT molecular complexity index is 370. The van der Waals surface area contributed by atoms with Crippen molar-refractivity contribution in [3.8, 4) is 0 Å². The van der Waals surface area contributed by atoms with Gasteiger partial charge in [0.25, 0.3) is 0 Å². The Morgan fingerprint density at radius 2 is 2.44 bits per heavy atom. The first-order chi connectivity index (χ1) is 8.65. The summed E-state index contributed by atoms with van der Waals surface area (Å²) >= 11 is 0. The van der Waals surface area contributed by atoms with Crippen molar-refractivity contribution in [3.05, 3.63) is 18.0 Å². The van der Waals surface area contributed by atoms with E-state index in [4.69, 9.17) is 15.2 Å². The summed E-state index contributed by atoms with van der Waals surface area (Å²) in [7, 11) is 0. The van der Waals surface area contributed by atoms with Crippen molar-refractivity contribution in [1.29, 1.82) is 0 Å². The molecule has 1 saturated heterocycles. The summed E-state index contributed by atoms with van der Waals surface area (Å²) in [5.74, 6) is 0. The average Bonchev–Trinajstić information content (AvgIpc) is 2.87. The third-order valence-electron chi connectivity index (χ3n) is 3.38. The molecule has 0 aliphatic carbocycles. The normalized spacial score (nSPS) is 24.7. The van der Waals surface area contributed by atoms with Crippen LogP contribution in [0.1, 0.15) is 38.4 Å². The van der Waals surface area contributed by atoms with Crippen molar-refractivity contribution in [2.45, 2.75) is 44.9 Å². The molecule has 1 unspecified atom stereocenters. The Kier molecular flexibility index (Phi) is 4.37. The van der Waals surface area contributed by atoms with E-state index in [0.29, 0.717) is 25.8 Å². The molecule has 0 radical (unpaired) electrons. The topological polar surface area (TPSA) is 62.3 Å². The lowest BCUT2D eigenvalue weighted by Gasteiger charge is -2.35. The maximum atomic E-state index is 5.97. The zero-order valence-electron chi connectivity index (χ0n) is 11.3. The molecule has 1 aromatic rings. The first kappa shape index (κ1) is 13.5. The Morgan fingerprint density at radius 1 is 1.61 bits per heavy atom. The molecule has 0 saturated carbocycles. The van der Waals surface area contributed by atoms with Crippen molar-refractivity contribution >= 4 is 0 Å². The molecular weight excluding hydrogens is 230 g/mol. The molecule has 102 valence electrons. The molecule has 2 heterocycles. The summed E-state index contributed by atoms with van der Waals surface area (Å²) in [4.78, 5) is 0. The second kappa shape index (κ2) is 5.82. The van der Waals surface area contributed by atoms with Crippen LogP contribution in [-0.2, 0) is 16.1 Å². The fourth-order valence-electron chi connectivity index (χ4n) is 2.13. The smallest absolute Gasteiger partial charge is 0.104 e. The van der Waals surface area contributed by atoms with Crippen LogP contribution in [-0.4, -0.2) is 35.1 Å². The number of nitrogens with zero attached hydrogens (tertiary/aromatic N) is 2. The number of hydrogen-bond donors (Lipinski definition) is 1. The van der Waals surface area contributed by atoms with Crippen LogP contribution in [0.5, 0.6) is 0 Å². The molecule has 1 atom stereocenters. The first-order valence-electron chi connectivity index (χ1n) is 6.61. The van der Waals surface area contributed by atoms with Crippen LogP contribution in [0.2, 0.25) is 0 Å². The predicted octanol–water partition coefficient (Wildman–Crippen LogP) is 1.49. The molecule has 1 fully saturated rings. The molecule has 0 spiro atoms. The molecule has 0 amide bonds. The van der Waals surface area contributed by atoms with E-state index in [9.17, 15) is 0 Å². The van der Waals surface area contributed by atoms with Crippen LogP contribution in [0.4, 0.5) is 0 Å². The SMILES string of the molecule is CC(C)n1ccc(COC2(CN)CCCOC2)n1. The van der Waals surface area contributed by atoms with Gasteiger partial charge in [-0.1, -0.05) is 0 Å². The maximum absolute atomic E-state index is 5.97. The maximum Gasteiger partial charge on any atom is 0.104 e. The molecule has 1 aliphatic rings. The number of ether oxygens (including phenoxy) is 2. The van der Waals surface area contributed by atoms with Gasteiger partial charge in [0.1, 0.15) is 5.60 Å². The highest BCUT2D eigenvalue weighted by molar-refractivity contribution is 4.98. The van der Waals surface area contributed by atoms with E-state index in [1.165, 1.54) is 0 Å². The predicted molar refractivity (Wildman–Crippen MR) is 69.2 cm³/mol. The number of rotatable bonds is 5. The third kappa shape index (κ3) is 3.10. The minimum atomic E-state index is -0.320. The first-order valence-corrected chi connectivity index (χ1v) is 6.61. The van der Waals surface area contributed by atoms with Crippen LogP contribution in [0, 0.1) is 0 Å². The lowest BCUT2D eigenvalue weighted by atomic mass is 9.96. The Balaban J connectivity index is 1.92. The van der Waals surface area contributed by atoms with Crippen molar-refractivity contribution < 1.29 is 9.47 Å². The van der Waals surface area contributed by atoms with E-state index in [-0.39, 0.29) is 5.60 Å². The number of nitrogens with two attached hydrogens (primary N) is 1. The lowest BCUT2D eigenvalue weighted by molar-refractivity contribution is -0.130. The van der Waals surface area contributed by atoms with Gasteiger partial charge < -0.3 is 15.2 Å². The summed E-state index contributed by atoms with van der Waals surface area (Å²) in [6.07, 6.45) is 3.96. The molecule has 1 aromatic heterocycles. The second-order valence-corrected chi connectivity index (χ2v) is 5.21. The summed E-state index contributed by atoms with van der Waals surface area (Å²) in [5.41, 5.74) is 6.45. The van der Waals surface area contributed by atoms with Gasteiger partial charge in [0.2, 0.25) is 0 Å². The van der Waals surface area contributed by atoms with Crippen molar-refractivity contribution in [2.24, 2.45) is 5.73 Å². The standard InChI is InChI=1S/C13H23N3O2/c1-11(2)16-6-4-12(15-16)8-18-13(9-14)5-3-7-17-10-13/h4,6,11H,3,5,7-10,14H2,1-2H3. The van der Waals surface area contributed by atoms with E-state index in [0.717, 1.165) is 25.1 Å². The Morgan fingerprint density at radius 3 is 3.00 bits per heavy atom. The highest BCUT2D eigenvalue weighted by Gasteiger charge is 2.32. The summed E-state index contributed by atoms with van der Waals surface area (Å²) in [5, 5.41) is 4.47. The van der Waals surface area contributed by atoms with Gasteiger partial charge in [-0.15, -0.1) is 0 Å². The van der Waals surface area contributed by atoms with Gasteiger partial charge in [0.05, 0.1) is 18.9 Å². The van der Waals surface area contributed by atoms with Crippen LogP contribution < -0.4 is 5.73 Å². The van der Waals surface area contributed by atoms with E-state index in [1.807, 2.05) is 16.9 Å². The number of aromatic nitrogens is 2. The van der Waals surface area contributed by atoms with Gasteiger partial charge in [0, 0.05) is 25.4 Å². The van der Waals surface area contributed by atoms with Crippen LogP contribution >= 0.6 is 0 Å². The zero-order valence-corrected chi connectivity index (χ0v) is 11.3. The molecular formula is C13H23N3O2. The van der Waals surface area contributed by atoms with Crippen molar-refractivity contribution in [3.63, 3.8) is 0 Å². The Labute approximate surface area is 108 Å². The van der Waals surface area contributed by atoms with Crippen LogP contribution in [0.25, 0.3) is 0 Å². The molecule has 2 rings (SSSR count). The average molecular weight is 253 g/mol. The van der Waals surface area contributed by atoms with Crippen LogP contribution in [0.3, 0.4) is 0 Å². The van der Waals surface area contributed by atoms with E-state index < -0.39 is 0 Å². The zero-order chi connectivity index (χ0) is 13.0. The monoisotopic (exact) mass is 253 g/mol. The molecule has 5 nitrogen and oxygen atoms in total.